The molecule has 1 heterocycles. The van der Waals surface area contributed by atoms with Crippen molar-refractivity contribution in [2.45, 2.75) is 45.3 Å². The van der Waals surface area contributed by atoms with Gasteiger partial charge in [0.15, 0.2) is 0 Å². The van der Waals surface area contributed by atoms with Gasteiger partial charge in [0.05, 0.1) is 23.3 Å². The Morgan fingerprint density at radius 2 is 2.47 bits per heavy atom. The Bertz CT molecular complexity index is 324. The van der Waals surface area contributed by atoms with Crippen LogP contribution in [0.1, 0.15) is 47.9 Å². The second-order valence-electron chi connectivity index (χ2n) is 3.88. The number of hydrogen-bond acceptors (Lipinski definition) is 4. The number of ether oxygens (including phenoxy) is 1. The lowest BCUT2D eigenvalue weighted by Gasteiger charge is -2.14. The van der Waals surface area contributed by atoms with Crippen LogP contribution >= 0.6 is 11.3 Å². The number of thiazole rings is 1. The molecule has 4 heteroatoms. The van der Waals surface area contributed by atoms with Crippen LogP contribution in [-0.4, -0.2) is 16.7 Å². The number of aryl methyl sites for hydroxylation is 1. The maximum Gasteiger partial charge on any atom is 0.119 e. The summed E-state index contributed by atoms with van der Waals surface area (Å²) in [6.45, 7) is 3.47. The number of aliphatic hydroxyl groups is 1. The average molecular weight is 227 g/mol. The van der Waals surface area contributed by atoms with Crippen LogP contribution < -0.4 is 0 Å². The summed E-state index contributed by atoms with van der Waals surface area (Å²) >= 11 is 1.61. The normalized spacial score (nSPS) is 20.3. The van der Waals surface area contributed by atoms with Crippen LogP contribution in [0.3, 0.4) is 0 Å². The van der Waals surface area contributed by atoms with Crippen molar-refractivity contribution >= 4 is 11.3 Å². The van der Waals surface area contributed by atoms with Gasteiger partial charge < -0.3 is 9.84 Å². The number of rotatable bonds is 4. The second-order valence-corrected chi connectivity index (χ2v) is 4.99. The molecule has 0 amide bonds. The molecule has 0 aliphatic heterocycles. The molecule has 0 fully saturated rings. The standard InChI is InChI=1S/C11H17NO2S/c1-2-6-14-7-10-12-8-4-3-5-9(13)11(8)15-10/h9,13H,2-7H2,1H3. The molecule has 0 aromatic carbocycles. The Labute approximate surface area is 94.1 Å². The molecule has 1 aliphatic carbocycles. The highest BCUT2D eigenvalue weighted by atomic mass is 32.1. The van der Waals surface area contributed by atoms with Crippen LogP contribution in [0.2, 0.25) is 0 Å². The number of hydrogen-bond donors (Lipinski definition) is 1. The first kappa shape index (κ1) is 11.0. The summed E-state index contributed by atoms with van der Waals surface area (Å²) in [4.78, 5) is 5.57. The summed E-state index contributed by atoms with van der Waals surface area (Å²) in [7, 11) is 0. The maximum absolute atomic E-state index is 9.78. The van der Waals surface area contributed by atoms with E-state index in [0.717, 1.165) is 47.9 Å². The first-order chi connectivity index (χ1) is 7.31. The van der Waals surface area contributed by atoms with Crippen molar-refractivity contribution in [3.05, 3.63) is 15.6 Å². The number of aliphatic hydroxyl groups excluding tert-OH is 1. The summed E-state index contributed by atoms with van der Waals surface area (Å²) in [6.07, 6.45) is 3.69. The smallest absolute Gasteiger partial charge is 0.119 e. The molecule has 1 aliphatic rings. The molecule has 1 N–H and O–H groups in total. The molecule has 0 saturated heterocycles. The van der Waals surface area contributed by atoms with Crippen LogP contribution in [-0.2, 0) is 17.8 Å². The van der Waals surface area contributed by atoms with Crippen molar-refractivity contribution < 1.29 is 9.84 Å². The molecule has 15 heavy (non-hydrogen) atoms. The molecule has 0 saturated carbocycles. The van der Waals surface area contributed by atoms with Crippen molar-refractivity contribution in [3.63, 3.8) is 0 Å². The summed E-state index contributed by atoms with van der Waals surface area (Å²) in [5.74, 6) is 0. The van der Waals surface area contributed by atoms with E-state index in [1.165, 1.54) is 0 Å². The molecule has 0 bridgehead atoms. The van der Waals surface area contributed by atoms with Gasteiger partial charge in [0, 0.05) is 6.61 Å². The van der Waals surface area contributed by atoms with Gasteiger partial charge in [0.2, 0.25) is 0 Å². The number of fused-ring (bicyclic) bond motifs is 1. The van der Waals surface area contributed by atoms with E-state index < -0.39 is 0 Å². The van der Waals surface area contributed by atoms with Crippen molar-refractivity contribution in [1.82, 2.24) is 4.98 Å². The fraction of sp³-hybridized carbons (Fsp3) is 0.727. The fourth-order valence-corrected chi connectivity index (χ4v) is 2.88. The van der Waals surface area contributed by atoms with Crippen LogP contribution in [0.15, 0.2) is 0 Å². The van der Waals surface area contributed by atoms with Crippen LogP contribution in [0, 0.1) is 0 Å². The molecule has 1 atom stereocenters. The van der Waals surface area contributed by atoms with Gasteiger partial charge in [0.1, 0.15) is 5.01 Å². The molecule has 3 nitrogen and oxygen atoms in total. The van der Waals surface area contributed by atoms with Crippen LogP contribution in [0.4, 0.5) is 0 Å². The van der Waals surface area contributed by atoms with Gasteiger partial charge in [0.25, 0.3) is 0 Å². The Hall–Kier alpha value is -0.450. The summed E-state index contributed by atoms with van der Waals surface area (Å²) in [5.41, 5.74) is 1.09. The molecular weight excluding hydrogens is 210 g/mol. The Kier molecular flexibility index (Phi) is 3.72. The monoisotopic (exact) mass is 227 g/mol. The van der Waals surface area contributed by atoms with Gasteiger partial charge in [-0.1, -0.05) is 6.92 Å². The predicted molar refractivity (Wildman–Crippen MR) is 60.0 cm³/mol. The summed E-state index contributed by atoms with van der Waals surface area (Å²) in [6, 6.07) is 0. The maximum atomic E-state index is 9.78. The third kappa shape index (κ3) is 2.56. The Morgan fingerprint density at radius 1 is 1.60 bits per heavy atom. The average Bonchev–Trinajstić information content (AvgIpc) is 2.63. The zero-order valence-corrected chi connectivity index (χ0v) is 9.85. The molecule has 0 spiro atoms. The minimum Gasteiger partial charge on any atom is -0.388 e. The fourth-order valence-electron chi connectivity index (χ4n) is 1.81. The SMILES string of the molecule is CCCOCc1nc2c(s1)C(O)CCC2. The Balaban J connectivity index is 2.01. The summed E-state index contributed by atoms with van der Waals surface area (Å²) < 4.78 is 5.45. The van der Waals surface area contributed by atoms with E-state index in [1.807, 2.05) is 0 Å². The van der Waals surface area contributed by atoms with E-state index in [0.29, 0.717) is 6.61 Å². The van der Waals surface area contributed by atoms with E-state index >= 15 is 0 Å². The lowest BCUT2D eigenvalue weighted by molar-refractivity contribution is 0.121. The van der Waals surface area contributed by atoms with Gasteiger partial charge in [-0.25, -0.2) is 4.98 Å². The highest BCUT2D eigenvalue weighted by molar-refractivity contribution is 7.11. The van der Waals surface area contributed by atoms with E-state index in [9.17, 15) is 5.11 Å². The van der Waals surface area contributed by atoms with Gasteiger partial charge in [-0.3, -0.25) is 0 Å². The zero-order chi connectivity index (χ0) is 10.7. The predicted octanol–water partition coefficient (Wildman–Crippen LogP) is 2.44. The van der Waals surface area contributed by atoms with E-state index in [4.69, 9.17) is 4.74 Å². The lowest BCUT2D eigenvalue weighted by atomic mass is 10.0. The van der Waals surface area contributed by atoms with Crippen molar-refractivity contribution in [2.24, 2.45) is 0 Å². The molecule has 1 unspecified atom stereocenters. The number of aromatic nitrogens is 1. The molecule has 84 valence electrons. The van der Waals surface area contributed by atoms with E-state index in [2.05, 4.69) is 11.9 Å². The minimum atomic E-state index is -0.286. The van der Waals surface area contributed by atoms with Gasteiger partial charge >= 0.3 is 0 Å². The molecule has 1 aromatic rings. The van der Waals surface area contributed by atoms with Gasteiger partial charge in [-0.05, 0) is 25.7 Å². The Morgan fingerprint density at radius 3 is 3.20 bits per heavy atom. The highest BCUT2D eigenvalue weighted by Gasteiger charge is 2.22. The van der Waals surface area contributed by atoms with Gasteiger partial charge in [-0.2, -0.15) is 0 Å². The third-order valence-corrected chi connectivity index (χ3v) is 3.71. The van der Waals surface area contributed by atoms with Crippen molar-refractivity contribution in [2.75, 3.05) is 6.61 Å². The molecule has 2 rings (SSSR count). The zero-order valence-electron chi connectivity index (χ0n) is 9.03. The van der Waals surface area contributed by atoms with Gasteiger partial charge in [-0.15, -0.1) is 11.3 Å². The van der Waals surface area contributed by atoms with Crippen molar-refractivity contribution in [1.29, 1.82) is 0 Å². The van der Waals surface area contributed by atoms with Crippen LogP contribution in [0.5, 0.6) is 0 Å². The number of nitrogens with zero attached hydrogens (tertiary/aromatic N) is 1. The lowest BCUT2D eigenvalue weighted by Crippen LogP contribution is -2.06. The van der Waals surface area contributed by atoms with Crippen LogP contribution in [0.25, 0.3) is 0 Å². The molecule has 1 aromatic heterocycles. The van der Waals surface area contributed by atoms with E-state index in [-0.39, 0.29) is 6.10 Å². The van der Waals surface area contributed by atoms with E-state index in [1.54, 1.807) is 11.3 Å². The largest absolute Gasteiger partial charge is 0.388 e. The van der Waals surface area contributed by atoms with Crippen molar-refractivity contribution in [3.8, 4) is 0 Å². The molecular formula is C11H17NO2S. The minimum absolute atomic E-state index is 0.286. The quantitative estimate of drug-likeness (QED) is 0.803. The highest BCUT2D eigenvalue weighted by Crippen LogP contribution is 2.34. The first-order valence-electron chi connectivity index (χ1n) is 5.55. The topological polar surface area (TPSA) is 42.4 Å². The second kappa shape index (κ2) is 5.05. The summed E-state index contributed by atoms with van der Waals surface area (Å²) in [5, 5.41) is 10.8. The first-order valence-corrected chi connectivity index (χ1v) is 6.37. The third-order valence-electron chi connectivity index (χ3n) is 2.54. The molecule has 0 radical (unpaired) electrons.